The lowest BCUT2D eigenvalue weighted by molar-refractivity contribution is -0.131. The van der Waals surface area contributed by atoms with Crippen LogP contribution in [-0.2, 0) is 16.1 Å². The maximum Gasteiger partial charge on any atom is 0.258 e. The van der Waals surface area contributed by atoms with E-state index in [0.717, 1.165) is 39.2 Å². The second kappa shape index (κ2) is 8.56. The van der Waals surface area contributed by atoms with Gasteiger partial charge in [-0.3, -0.25) is 14.7 Å². The molecule has 1 N–H and O–H groups in total. The van der Waals surface area contributed by atoms with Gasteiger partial charge in [-0.25, -0.2) is 0 Å². The number of nitrogens with zero attached hydrogens (tertiary/aromatic N) is 5. The molecule has 1 spiro atoms. The normalized spacial score (nSPS) is 19.5. The molecule has 3 aromatic carbocycles. The largest absolute Gasteiger partial charge is 0.378 e. The van der Waals surface area contributed by atoms with E-state index in [1.165, 1.54) is 0 Å². The molecule has 174 valence electrons. The van der Waals surface area contributed by atoms with Gasteiger partial charge in [-0.15, -0.1) is 10.2 Å². The van der Waals surface area contributed by atoms with Crippen molar-refractivity contribution in [2.24, 2.45) is 4.99 Å². The quantitative estimate of drug-likeness (QED) is 0.479. The van der Waals surface area contributed by atoms with Crippen molar-refractivity contribution in [1.82, 2.24) is 25.5 Å². The molecule has 3 heterocycles. The first kappa shape index (κ1) is 21.4. The minimum atomic E-state index is -0.721. The minimum absolute atomic E-state index is 0.0338. The third kappa shape index (κ3) is 3.81. The van der Waals surface area contributed by atoms with E-state index in [4.69, 9.17) is 4.74 Å². The van der Waals surface area contributed by atoms with Crippen LogP contribution in [0.3, 0.4) is 0 Å². The number of nitrogens with one attached hydrogen (secondary N) is 1. The molecule has 1 unspecified atom stereocenters. The van der Waals surface area contributed by atoms with E-state index in [0.29, 0.717) is 32.0 Å². The van der Waals surface area contributed by atoms with E-state index in [1.54, 1.807) is 4.90 Å². The summed E-state index contributed by atoms with van der Waals surface area (Å²) in [5.41, 5.74) is 5.50. The van der Waals surface area contributed by atoms with Crippen molar-refractivity contribution in [2.75, 3.05) is 13.2 Å². The Kier molecular flexibility index (Phi) is 5.22. The van der Waals surface area contributed by atoms with Crippen LogP contribution >= 0.6 is 0 Å². The molecule has 2 aliphatic heterocycles. The van der Waals surface area contributed by atoms with Crippen molar-refractivity contribution in [2.45, 2.75) is 25.4 Å². The third-order valence-electron chi connectivity index (χ3n) is 6.73. The van der Waals surface area contributed by atoms with Crippen molar-refractivity contribution in [3.63, 3.8) is 0 Å². The number of aromatic nitrogens is 4. The molecule has 1 amide bonds. The summed E-state index contributed by atoms with van der Waals surface area (Å²) in [6.07, 6.45) is 0.648. The van der Waals surface area contributed by atoms with E-state index < -0.39 is 5.54 Å². The molecule has 1 aromatic heterocycles. The first-order chi connectivity index (χ1) is 17.1. The standard InChI is InChI=1S/C27H24N6O2/c1-18-28-27(13-14-35-17-27)26(34)33(18)16-19-7-9-21(10-8-19)24-15-22(20-5-3-2-4-6-20)11-12-23(24)25-29-31-32-30-25/h2-12,15H,13-14,16-17H2,1H3,(H,29,30,31,32). The van der Waals surface area contributed by atoms with Gasteiger partial charge in [0.25, 0.3) is 5.91 Å². The average molecular weight is 465 g/mol. The first-order valence-electron chi connectivity index (χ1n) is 11.6. The molecule has 0 saturated carbocycles. The second-order valence-corrected chi connectivity index (χ2v) is 8.94. The molecule has 1 atom stereocenters. The summed E-state index contributed by atoms with van der Waals surface area (Å²) in [5, 5.41) is 14.7. The monoisotopic (exact) mass is 464 g/mol. The van der Waals surface area contributed by atoms with E-state index in [2.05, 4.69) is 74.1 Å². The number of aromatic amines is 1. The van der Waals surface area contributed by atoms with Crippen molar-refractivity contribution in [3.8, 4) is 33.6 Å². The van der Waals surface area contributed by atoms with Gasteiger partial charge in [0, 0.05) is 18.6 Å². The fourth-order valence-corrected chi connectivity index (χ4v) is 4.85. The molecular formula is C27H24N6O2. The molecule has 35 heavy (non-hydrogen) atoms. The number of carbonyl (C=O) groups is 1. The highest BCUT2D eigenvalue weighted by Gasteiger charge is 2.49. The third-order valence-corrected chi connectivity index (χ3v) is 6.73. The fourth-order valence-electron chi connectivity index (χ4n) is 4.85. The molecule has 1 fully saturated rings. The van der Waals surface area contributed by atoms with E-state index in [-0.39, 0.29) is 5.91 Å². The Morgan fingerprint density at radius 2 is 1.77 bits per heavy atom. The van der Waals surface area contributed by atoms with Gasteiger partial charge in [0.1, 0.15) is 5.84 Å². The Bertz CT molecular complexity index is 1390. The number of hydrogen-bond donors (Lipinski definition) is 1. The number of amidine groups is 1. The summed E-state index contributed by atoms with van der Waals surface area (Å²) in [6.45, 7) is 3.33. The fraction of sp³-hybridized carbons (Fsp3) is 0.222. The average Bonchev–Trinajstić information content (AvgIpc) is 3.64. The van der Waals surface area contributed by atoms with Crippen LogP contribution in [0, 0.1) is 0 Å². The van der Waals surface area contributed by atoms with Crippen molar-refractivity contribution in [1.29, 1.82) is 0 Å². The molecule has 0 bridgehead atoms. The number of benzene rings is 3. The number of ether oxygens (including phenoxy) is 1. The molecule has 0 radical (unpaired) electrons. The van der Waals surface area contributed by atoms with Gasteiger partial charge >= 0.3 is 0 Å². The number of hydrogen-bond acceptors (Lipinski definition) is 6. The zero-order valence-electron chi connectivity index (χ0n) is 19.3. The lowest BCUT2D eigenvalue weighted by Crippen LogP contribution is -2.42. The van der Waals surface area contributed by atoms with Gasteiger partial charge in [0.15, 0.2) is 5.54 Å². The molecule has 2 aliphatic rings. The van der Waals surface area contributed by atoms with Gasteiger partial charge in [-0.1, -0.05) is 60.7 Å². The molecular weight excluding hydrogens is 440 g/mol. The molecule has 8 heteroatoms. The van der Waals surface area contributed by atoms with Crippen molar-refractivity contribution in [3.05, 3.63) is 78.4 Å². The Hall–Kier alpha value is -4.17. The zero-order valence-corrected chi connectivity index (χ0v) is 19.3. The van der Waals surface area contributed by atoms with Crippen LogP contribution in [0.15, 0.2) is 77.8 Å². The predicted molar refractivity (Wildman–Crippen MR) is 132 cm³/mol. The van der Waals surface area contributed by atoms with E-state index >= 15 is 0 Å². The second-order valence-electron chi connectivity index (χ2n) is 8.94. The topological polar surface area (TPSA) is 96.4 Å². The van der Waals surface area contributed by atoms with Crippen LogP contribution in [0.25, 0.3) is 33.6 Å². The van der Waals surface area contributed by atoms with Crippen LogP contribution in [0.4, 0.5) is 0 Å². The highest BCUT2D eigenvalue weighted by atomic mass is 16.5. The van der Waals surface area contributed by atoms with Crippen molar-refractivity contribution < 1.29 is 9.53 Å². The SMILES string of the molecule is CC1=NC2(CCOC2)C(=O)N1Cc1ccc(-c2cc(-c3ccccc3)ccc2-c2nn[nH]n2)cc1. The Morgan fingerprint density at radius 3 is 2.49 bits per heavy atom. The van der Waals surface area contributed by atoms with Crippen LogP contribution in [0.1, 0.15) is 18.9 Å². The number of aliphatic imine (C=N–C) groups is 1. The van der Waals surface area contributed by atoms with Gasteiger partial charge in [-0.05, 0) is 52.1 Å². The van der Waals surface area contributed by atoms with E-state index in [9.17, 15) is 4.79 Å². The summed E-state index contributed by atoms with van der Waals surface area (Å²) in [4.78, 5) is 19.5. The molecule has 6 rings (SSSR count). The summed E-state index contributed by atoms with van der Waals surface area (Å²) < 4.78 is 5.48. The molecule has 4 aromatic rings. The van der Waals surface area contributed by atoms with Gasteiger partial charge in [0.05, 0.1) is 13.2 Å². The Balaban J connectivity index is 1.31. The Labute approximate surface area is 202 Å². The highest BCUT2D eigenvalue weighted by Crippen LogP contribution is 2.35. The zero-order chi connectivity index (χ0) is 23.8. The number of rotatable bonds is 5. The smallest absolute Gasteiger partial charge is 0.258 e. The number of H-pyrrole nitrogens is 1. The maximum absolute atomic E-state index is 13.1. The predicted octanol–water partition coefficient (Wildman–Crippen LogP) is 4.12. The van der Waals surface area contributed by atoms with Crippen LogP contribution in [0.5, 0.6) is 0 Å². The molecule has 1 saturated heterocycles. The molecule has 8 nitrogen and oxygen atoms in total. The lowest BCUT2D eigenvalue weighted by atomic mass is 9.93. The van der Waals surface area contributed by atoms with Crippen LogP contribution in [0.2, 0.25) is 0 Å². The van der Waals surface area contributed by atoms with Crippen LogP contribution < -0.4 is 0 Å². The number of amides is 1. The summed E-state index contributed by atoms with van der Waals surface area (Å²) in [6, 6.07) is 24.8. The van der Waals surface area contributed by atoms with Gasteiger partial charge in [-0.2, -0.15) is 5.21 Å². The van der Waals surface area contributed by atoms with Crippen LogP contribution in [-0.4, -0.2) is 56.0 Å². The minimum Gasteiger partial charge on any atom is -0.378 e. The Morgan fingerprint density at radius 1 is 0.971 bits per heavy atom. The first-order valence-corrected chi connectivity index (χ1v) is 11.6. The summed E-state index contributed by atoms with van der Waals surface area (Å²) >= 11 is 0. The van der Waals surface area contributed by atoms with Gasteiger partial charge < -0.3 is 4.74 Å². The maximum atomic E-state index is 13.1. The summed E-state index contributed by atoms with van der Waals surface area (Å²) in [7, 11) is 0. The van der Waals surface area contributed by atoms with E-state index in [1.807, 2.05) is 31.2 Å². The molecule has 0 aliphatic carbocycles. The lowest BCUT2D eigenvalue weighted by Gasteiger charge is -2.21. The highest BCUT2D eigenvalue weighted by molar-refractivity contribution is 6.07. The number of carbonyl (C=O) groups excluding carboxylic acids is 1. The van der Waals surface area contributed by atoms with Crippen molar-refractivity contribution >= 4 is 11.7 Å². The summed E-state index contributed by atoms with van der Waals surface area (Å²) in [5.74, 6) is 1.33. The van der Waals surface area contributed by atoms with Gasteiger partial charge in [0.2, 0.25) is 5.82 Å². The number of tetrazole rings is 1.